The Labute approximate surface area is 359 Å². The number of hydrogen-bond donors (Lipinski definition) is 6. The summed E-state index contributed by atoms with van der Waals surface area (Å²) >= 11 is 0. The van der Waals surface area contributed by atoms with E-state index in [1.165, 1.54) is 77.0 Å². The van der Waals surface area contributed by atoms with Crippen LogP contribution in [0.15, 0.2) is 36.5 Å². The average molecular weight is 875 g/mol. The van der Waals surface area contributed by atoms with Crippen LogP contribution in [0.25, 0.3) is 0 Å². The van der Waals surface area contributed by atoms with Crippen molar-refractivity contribution in [1.82, 2.24) is 0 Å². The number of epoxide rings is 1. The number of carbonyl (C=O) groups excluding carboxylic acids is 2. The largest absolute Gasteiger partial charge is 0.472 e. The highest BCUT2D eigenvalue weighted by molar-refractivity contribution is 7.47. The highest BCUT2D eigenvalue weighted by Crippen LogP contribution is 2.47. The molecule has 8 atom stereocenters. The van der Waals surface area contributed by atoms with Crippen LogP contribution in [0.4, 0.5) is 0 Å². The fourth-order valence-electron chi connectivity index (χ4n) is 7.03. The fourth-order valence-corrected chi connectivity index (χ4v) is 8.00. The van der Waals surface area contributed by atoms with Gasteiger partial charge in [-0.15, -0.1) is 0 Å². The number of ether oxygens (including phenoxy) is 3. The van der Waals surface area contributed by atoms with Crippen LogP contribution in [0.3, 0.4) is 0 Å². The van der Waals surface area contributed by atoms with E-state index in [-0.39, 0.29) is 18.9 Å². The molecule has 0 aromatic heterocycles. The molecular formula is C45H79O14P. The van der Waals surface area contributed by atoms with Gasteiger partial charge >= 0.3 is 19.8 Å². The summed E-state index contributed by atoms with van der Waals surface area (Å²) in [6.07, 6.45) is 23.8. The van der Waals surface area contributed by atoms with Crippen molar-refractivity contribution >= 4 is 19.8 Å². The molecule has 2 aliphatic rings. The number of phosphoric ester groups is 1. The van der Waals surface area contributed by atoms with Gasteiger partial charge in [0.25, 0.3) is 0 Å². The second-order valence-corrected chi connectivity index (χ2v) is 17.7. The van der Waals surface area contributed by atoms with E-state index in [0.29, 0.717) is 25.4 Å². The van der Waals surface area contributed by atoms with Gasteiger partial charge in [0.15, 0.2) is 6.10 Å². The van der Waals surface area contributed by atoms with Crippen molar-refractivity contribution in [1.29, 1.82) is 0 Å². The average Bonchev–Trinajstić information content (AvgIpc) is 3.99. The predicted molar refractivity (Wildman–Crippen MR) is 230 cm³/mol. The third kappa shape index (κ3) is 24.6. The second kappa shape index (κ2) is 32.7. The van der Waals surface area contributed by atoms with E-state index in [0.717, 1.165) is 44.9 Å². The van der Waals surface area contributed by atoms with Gasteiger partial charge in [-0.05, 0) is 51.4 Å². The SMILES string of the molecule is CCCCC/C=C\CC1OC1C/C=C\C/C=C\CCCC(=O)OC(COC(=O)CCCCCCCCCCCCCCC)COP(=O)(O)OC1C(O)C(O)C(O)C(O)C1O. The molecule has 1 aliphatic carbocycles. The lowest BCUT2D eigenvalue weighted by Crippen LogP contribution is -2.64. The quantitative estimate of drug-likeness (QED) is 0.0117. The third-order valence-corrected chi connectivity index (χ3v) is 11.9. The van der Waals surface area contributed by atoms with E-state index in [1.807, 2.05) is 12.2 Å². The van der Waals surface area contributed by atoms with Gasteiger partial charge in [-0.2, -0.15) is 0 Å². The number of unbranched alkanes of at least 4 members (excludes halogenated alkanes) is 16. The first-order chi connectivity index (χ1) is 28.9. The van der Waals surface area contributed by atoms with Crippen molar-refractivity contribution in [2.24, 2.45) is 0 Å². The van der Waals surface area contributed by atoms with Crippen LogP contribution in [-0.2, 0) is 37.4 Å². The molecule has 2 fully saturated rings. The van der Waals surface area contributed by atoms with Crippen LogP contribution < -0.4 is 0 Å². The molecule has 0 spiro atoms. The number of esters is 2. The van der Waals surface area contributed by atoms with Crippen molar-refractivity contribution in [3.63, 3.8) is 0 Å². The molecule has 1 heterocycles. The van der Waals surface area contributed by atoms with E-state index >= 15 is 0 Å². The molecule has 15 heteroatoms. The number of rotatable bonds is 36. The lowest BCUT2D eigenvalue weighted by atomic mass is 9.85. The highest BCUT2D eigenvalue weighted by atomic mass is 31.2. The number of aliphatic hydroxyl groups is 5. The maximum atomic E-state index is 12.8. The molecule has 6 N–H and O–H groups in total. The highest BCUT2D eigenvalue weighted by Gasteiger charge is 2.51. The van der Waals surface area contributed by atoms with Crippen molar-refractivity contribution in [2.75, 3.05) is 13.2 Å². The van der Waals surface area contributed by atoms with Gasteiger partial charge in [0.05, 0.1) is 18.8 Å². The summed E-state index contributed by atoms with van der Waals surface area (Å²) in [6, 6.07) is 0. The fraction of sp³-hybridized carbons (Fsp3) is 0.822. The van der Waals surface area contributed by atoms with Crippen LogP contribution in [0.2, 0.25) is 0 Å². The Bertz CT molecular complexity index is 1260. The van der Waals surface area contributed by atoms with Crippen molar-refractivity contribution in [3.8, 4) is 0 Å². The Morgan fingerprint density at radius 2 is 1.05 bits per heavy atom. The molecule has 348 valence electrons. The molecule has 1 aliphatic heterocycles. The van der Waals surface area contributed by atoms with Gasteiger partial charge in [0.1, 0.15) is 43.2 Å². The van der Waals surface area contributed by atoms with E-state index in [4.69, 9.17) is 23.3 Å². The first-order valence-corrected chi connectivity index (χ1v) is 24.4. The monoisotopic (exact) mass is 875 g/mol. The smallest absolute Gasteiger partial charge is 0.462 e. The molecule has 0 bridgehead atoms. The molecule has 2 rings (SSSR count). The zero-order chi connectivity index (χ0) is 44.0. The Kier molecular flexibility index (Phi) is 29.5. The zero-order valence-corrected chi connectivity index (χ0v) is 37.3. The molecule has 0 aromatic carbocycles. The summed E-state index contributed by atoms with van der Waals surface area (Å²) < 4.78 is 39.2. The molecule has 8 unspecified atom stereocenters. The van der Waals surface area contributed by atoms with Gasteiger partial charge < -0.3 is 44.6 Å². The maximum Gasteiger partial charge on any atom is 0.472 e. The van der Waals surface area contributed by atoms with E-state index in [2.05, 4.69) is 38.2 Å². The molecule has 1 saturated carbocycles. The van der Waals surface area contributed by atoms with Gasteiger partial charge in [-0.3, -0.25) is 18.6 Å². The normalized spacial score (nSPS) is 25.9. The van der Waals surface area contributed by atoms with Crippen LogP contribution in [-0.4, -0.2) is 111 Å². The minimum atomic E-state index is -5.13. The molecule has 0 aromatic rings. The summed E-state index contributed by atoms with van der Waals surface area (Å²) in [5, 5.41) is 50.1. The summed E-state index contributed by atoms with van der Waals surface area (Å²) in [5.74, 6) is -1.17. The summed E-state index contributed by atoms with van der Waals surface area (Å²) in [6.45, 7) is 3.21. The lowest BCUT2D eigenvalue weighted by molar-refractivity contribution is -0.220. The van der Waals surface area contributed by atoms with Crippen LogP contribution in [0.1, 0.15) is 168 Å². The van der Waals surface area contributed by atoms with Crippen molar-refractivity contribution in [3.05, 3.63) is 36.5 Å². The molecule has 1 saturated heterocycles. The Balaban J connectivity index is 1.74. The van der Waals surface area contributed by atoms with Crippen molar-refractivity contribution < 1.29 is 67.8 Å². The Morgan fingerprint density at radius 3 is 1.65 bits per heavy atom. The van der Waals surface area contributed by atoms with Gasteiger partial charge in [0.2, 0.25) is 0 Å². The Hall–Kier alpha value is -1.97. The molecule has 60 heavy (non-hydrogen) atoms. The minimum Gasteiger partial charge on any atom is -0.462 e. The number of phosphoric acid groups is 1. The summed E-state index contributed by atoms with van der Waals surface area (Å²) in [4.78, 5) is 35.7. The van der Waals surface area contributed by atoms with E-state index in [1.54, 1.807) is 0 Å². The molecular weight excluding hydrogens is 795 g/mol. The van der Waals surface area contributed by atoms with Crippen LogP contribution >= 0.6 is 7.82 Å². The minimum absolute atomic E-state index is 0.0168. The maximum absolute atomic E-state index is 12.8. The Morgan fingerprint density at radius 1 is 0.583 bits per heavy atom. The first-order valence-electron chi connectivity index (χ1n) is 22.9. The van der Waals surface area contributed by atoms with Crippen LogP contribution in [0, 0.1) is 0 Å². The zero-order valence-electron chi connectivity index (χ0n) is 36.4. The lowest BCUT2D eigenvalue weighted by Gasteiger charge is -2.41. The third-order valence-electron chi connectivity index (χ3n) is 10.9. The van der Waals surface area contributed by atoms with Crippen LogP contribution in [0.5, 0.6) is 0 Å². The standard InChI is InChI=1S/C45H79O14P/c1-3-5-7-9-11-12-13-14-15-16-19-23-27-31-38(46)55-33-35(34-56-60(53,54)59-45-43(51)41(49)40(48)42(50)44(45)52)57-39(47)32-28-24-20-17-18-22-26-30-37-36(58-37)29-25-21-10-8-6-4-2/h17,20-22,25-26,35-37,40-45,48-52H,3-16,18-19,23-24,27-34H2,1-2H3,(H,53,54)/b20-17-,25-21-,26-22-. The van der Waals surface area contributed by atoms with E-state index < -0.39 is 75.7 Å². The molecule has 0 radical (unpaired) electrons. The van der Waals surface area contributed by atoms with Gasteiger partial charge in [0, 0.05) is 12.8 Å². The molecule has 0 amide bonds. The summed E-state index contributed by atoms with van der Waals surface area (Å²) in [7, 11) is -5.13. The van der Waals surface area contributed by atoms with Gasteiger partial charge in [-0.1, -0.05) is 140 Å². The number of carbonyl (C=O) groups is 2. The topological polar surface area (TPSA) is 222 Å². The summed E-state index contributed by atoms with van der Waals surface area (Å²) in [5.41, 5.74) is 0. The van der Waals surface area contributed by atoms with Crippen molar-refractivity contribution in [2.45, 2.75) is 223 Å². The van der Waals surface area contributed by atoms with E-state index in [9.17, 15) is 44.6 Å². The second-order valence-electron chi connectivity index (χ2n) is 16.3. The van der Waals surface area contributed by atoms with Gasteiger partial charge in [-0.25, -0.2) is 4.57 Å². The number of aliphatic hydroxyl groups excluding tert-OH is 5. The number of allylic oxidation sites excluding steroid dienone is 4. The predicted octanol–water partition coefficient (Wildman–Crippen LogP) is 7.60. The molecule has 14 nitrogen and oxygen atoms in total. The first kappa shape index (κ1) is 54.2. The number of hydrogen-bond acceptors (Lipinski definition) is 13.